The first-order valence-corrected chi connectivity index (χ1v) is 10.4. The van der Waals surface area contributed by atoms with Crippen molar-refractivity contribution in [1.29, 1.82) is 0 Å². The molecule has 146 valence electrons. The SMILES string of the molecule is CCCCCC(C)C(C)c1cc(O)c2c(c1)OC(C)(C)c1ccc(C)cc1-2. The summed E-state index contributed by atoms with van der Waals surface area (Å²) in [5.41, 5.74) is 5.01. The number of unbranched alkanes of at least 4 members (excludes halogenated alkanes) is 2. The number of aromatic hydroxyl groups is 1. The second-order valence-electron chi connectivity index (χ2n) is 8.84. The second kappa shape index (κ2) is 7.58. The van der Waals surface area contributed by atoms with Crippen LogP contribution < -0.4 is 4.74 Å². The van der Waals surface area contributed by atoms with Crippen LogP contribution in [0.5, 0.6) is 11.5 Å². The first kappa shape index (κ1) is 19.8. The summed E-state index contributed by atoms with van der Waals surface area (Å²) in [5.74, 6) is 2.11. The molecule has 2 aromatic rings. The van der Waals surface area contributed by atoms with E-state index in [0.29, 0.717) is 17.6 Å². The molecule has 0 amide bonds. The van der Waals surface area contributed by atoms with Gasteiger partial charge >= 0.3 is 0 Å². The highest BCUT2D eigenvalue weighted by Crippen LogP contribution is 2.50. The molecule has 0 spiro atoms. The van der Waals surface area contributed by atoms with Crippen LogP contribution in [-0.4, -0.2) is 5.11 Å². The van der Waals surface area contributed by atoms with Crippen LogP contribution >= 0.6 is 0 Å². The summed E-state index contributed by atoms with van der Waals surface area (Å²) in [5, 5.41) is 10.9. The van der Waals surface area contributed by atoms with Gasteiger partial charge in [0, 0.05) is 5.56 Å². The molecule has 2 heteroatoms. The van der Waals surface area contributed by atoms with Crippen LogP contribution in [0.4, 0.5) is 0 Å². The standard InChI is InChI=1S/C25H34O2/c1-7-8-9-10-17(3)18(4)19-14-22(26)24-20-13-16(2)11-12-21(20)25(5,6)27-23(24)15-19/h11-15,17-18,26H,7-10H2,1-6H3. The summed E-state index contributed by atoms with van der Waals surface area (Å²) in [6.45, 7) is 13.1. The van der Waals surface area contributed by atoms with Gasteiger partial charge in [0.15, 0.2) is 0 Å². The van der Waals surface area contributed by atoms with Crippen LogP contribution in [0.15, 0.2) is 30.3 Å². The summed E-state index contributed by atoms with van der Waals surface area (Å²) in [7, 11) is 0. The van der Waals surface area contributed by atoms with E-state index in [0.717, 1.165) is 22.4 Å². The number of ether oxygens (including phenoxy) is 1. The number of phenols is 1. The summed E-state index contributed by atoms with van der Waals surface area (Å²) >= 11 is 0. The molecule has 27 heavy (non-hydrogen) atoms. The number of rotatable bonds is 6. The molecule has 0 saturated heterocycles. The first-order chi connectivity index (χ1) is 12.7. The maximum Gasteiger partial charge on any atom is 0.132 e. The lowest BCUT2D eigenvalue weighted by molar-refractivity contribution is 0.105. The van der Waals surface area contributed by atoms with Gasteiger partial charge in [-0.05, 0) is 55.9 Å². The summed E-state index contributed by atoms with van der Waals surface area (Å²) < 4.78 is 6.38. The van der Waals surface area contributed by atoms with Crippen LogP contribution in [0.3, 0.4) is 0 Å². The van der Waals surface area contributed by atoms with Crippen LogP contribution in [0, 0.1) is 12.8 Å². The van der Waals surface area contributed by atoms with E-state index in [1.165, 1.54) is 36.8 Å². The van der Waals surface area contributed by atoms with Crippen LogP contribution in [0.1, 0.15) is 82.9 Å². The van der Waals surface area contributed by atoms with Gasteiger partial charge in [-0.1, -0.05) is 70.2 Å². The minimum Gasteiger partial charge on any atom is -0.507 e. The predicted molar refractivity (Wildman–Crippen MR) is 114 cm³/mol. The van der Waals surface area contributed by atoms with Crippen LogP contribution in [-0.2, 0) is 5.60 Å². The maximum absolute atomic E-state index is 10.9. The van der Waals surface area contributed by atoms with E-state index < -0.39 is 5.60 Å². The largest absolute Gasteiger partial charge is 0.507 e. The topological polar surface area (TPSA) is 29.5 Å². The van der Waals surface area contributed by atoms with Crippen molar-refractivity contribution in [3.05, 3.63) is 47.0 Å². The molecular weight excluding hydrogens is 332 g/mol. The van der Waals surface area contributed by atoms with Crippen molar-refractivity contribution in [2.24, 2.45) is 5.92 Å². The zero-order chi connectivity index (χ0) is 19.8. The van der Waals surface area contributed by atoms with Crippen molar-refractivity contribution >= 4 is 0 Å². The lowest BCUT2D eigenvalue weighted by Crippen LogP contribution is -2.29. The number of hydrogen-bond acceptors (Lipinski definition) is 2. The van der Waals surface area contributed by atoms with Gasteiger partial charge in [0.2, 0.25) is 0 Å². The zero-order valence-electron chi connectivity index (χ0n) is 17.7. The summed E-state index contributed by atoms with van der Waals surface area (Å²) in [6.07, 6.45) is 5.04. The highest BCUT2D eigenvalue weighted by molar-refractivity contribution is 5.82. The Balaban J connectivity index is 2.00. The van der Waals surface area contributed by atoms with E-state index in [2.05, 4.69) is 65.8 Å². The maximum atomic E-state index is 10.9. The zero-order valence-corrected chi connectivity index (χ0v) is 17.7. The van der Waals surface area contributed by atoms with E-state index in [-0.39, 0.29) is 0 Å². The number of aryl methyl sites for hydroxylation is 1. The van der Waals surface area contributed by atoms with Gasteiger partial charge in [-0.3, -0.25) is 0 Å². The third kappa shape index (κ3) is 3.85. The lowest BCUT2D eigenvalue weighted by Gasteiger charge is -2.36. The van der Waals surface area contributed by atoms with Crippen molar-refractivity contribution in [3.8, 4) is 22.6 Å². The molecule has 1 heterocycles. The Labute approximate surface area is 164 Å². The molecule has 1 aliphatic rings. The number of fused-ring (bicyclic) bond motifs is 3. The molecule has 0 aliphatic carbocycles. The van der Waals surface area contributed by atoms with Crippen molar-refractivity contribution < 1.29 is 9.84 Å². The van der Waals surface area contributed by atoms with E-state index in [1.807, 2.05) is 6.07 Å². The Bertz CT molecular complexity index is 819. The van der Waals surface area contributed by atoms with Gasteiger partial charge in [0.1, 0.15) is 17.1 Å². The van der Waals surface area contributed by atoms with E-state index >= 15 is 0 Å². The molecule has 1 aliphatic heterocycles. The molecule has 0 bridgehead atoms. The Kier molecular flexibility index (Phi) is 5.55. The van der Waals surface area contributed by atoms with Crippen LogP contribution in [0.25, 0.3) is 11.1 Å². The molecule has 2 aromatic carbocycles. The first-order valence-electron chi connectivity index (χ1n) is 10.4. The number of benzene rings is 2. The molecular formula is C25H34O2. The lowest BCUT2D eigenvalue weighted by atomic mass is 9.81. The predicted octanol–water partition coefficient (Wildman–Crippen LogP) is 7.32. The number of hydrogen-bond donors (Lipinski definition) is 1. The van der Waals surface area contributed by atoms with Gasteiger partial charge in [-0.2, -0.15) is 0 Å². The molecule has 2 atom stereocenters. The van der Waals surface area contributed by atoms with Crippen molar-refractivity contribution in [3.63, 3.8) is 0 Å². The van der Waals surface area contributed by atoms with E-state index in [1.54, 1.807) is 0 Å². The Morgan fingerprint density at radius 3 is 2.52 bits per heavy atom. The number of phenolic OH excluding ortho intramolecular Hbond substituents is 1. The molecule has 0 aromatic heterocycles. The second-order valence-corrected chi connectivity index (χ2v) is 8.84. The summed E-state index contributed by atoms with van der Waals surface area (Å²) in [4.78, 5) is 0. The quantitative estimate of drug-likeness (QED) is 0.543. The van der Waals surface area contributed by atoms with Gasteiger partial charge in [-0.15, -0.1) is 0 Å². The molecule has 1 N–H and O–H groups in total. The van der Waals surface area contributed by atoms with Gasteiger partial charge in [0.05, 0.1) is 5.56 Å². The van der Waals surface area contributed by atoms with Crippen molar-refractivity contribution in [2.45, 2.75) is 78.7 Å². The van der Waals surface area contributed by atoms with Gasteiger partial charge in [-0.25, -0.2) is 0 Å². The summed E-state index contributed by atoms with van der Waals surface area (Å²) in [6, 6.07) is 10.5. The molecule has 0 fully saturated rings. The van der Waals surface area contributed by atoms with E-state index in [9.17, 15) is 5.11 Å². The van der Waals surface area contributed by atoms with E-state index in [4.69, 9.17) is 4.74 Å². The molecule has 0 saturated carbocycles. The normalized spacial score (nSPS) is 16.8. The highest BCUT2D eigenvalue weighted by Gasteiger charge is 2.34. The Morgan fingerprint density at radius 2 is 1.81 bits per heavy atom. The fourth-order valence-electron chi connectivity index (χ4n) is 4.25. The van der Waals surface area contributed by atoms with Crippen molar-refractivity contribution in [2.75, 3.05) is 0 Å². The fourth-order valence-corrected chi connectivity index (χ4v) is 4.25. The average molecular weight is 367 g/mol. The third-order valence-electron chi connectivity index (χ3n) is 6.20. The fraction of sp³-hybridized carbons (Fsp3) is 0.520. The van der Waals surface area contributed by atoms with Gasteiger partial charge < -0.3 is 9.84 Å². The highest BCUT2D eigenvalue weighted by atomic mass is 16.5. The molecule has 2 unspecified atom stereocenters. The average Bonchev–Trinajstić information content (AvgIpc) is 2.59. The molecule has 3 rings (SSSR count). The monoisotopic (exact) mass is 366 g/mol. The van der Waals surface area contributed by atoms with Crippen molar-refractivity contribution in [1.82, 2.24) is 0 Å². The minimum absolute atomic E-state index is 0.331. The molecule has 0 radical (unpaired) electrons. The van der Waals surface area contributed by atoms with Crippen LogP contribution in [0.2, 0.25) is 0 Å². The minimum atomic E-state index is -0.406. The van der Waals surface area contributed by atoms with Gasteiger partial charge in [0.25, 0.3) is 0 Å². The third-order valence-corrected chi connectivity index (χ3v) is 6.20. The molecule has 2 nitrogen and oxygen atoms in total. The Hall–Kier alpha value is -1.96. The smallest absolute Gasteiger partial charge is 0.132 e. The Morgan fingerprint density at radius 1 is 1.07 bits per heavy atom.